The summed E-state index contributed by atoms with van der Waals surface area (Å²) in [5.41, 5.74) is 4.01. The number of hydrogen-bond donors (Lipinski definition) is 0. The number of para-hydroxylation sites is 1. The highest BCUT2D eigenvalue weighted by molar-refractivity contribution is 6.05. The van der Waals surface area contributed by atoms with Crippen LogP contribution in [-0.2, 0) is 11.2 Å². The van der Waals surface area contributed by atoms with E-state index in [0.29, 0.717) is 30.4 Å². The fourth-order valence-electron chi connectivity index (χ4n) is 5.68. The van der Waals surface area contributed by atoms with Gasteiger partial charge in [-0.1, -0.05) is 42.5 Å². The molecule has 2 aliphatic rings. The van der Waals surface area contributed by atoms with Crippen molar-refractivity contribution in [3.05, 3.63) is 89.5 Å². The van der Waals surface area contributed by atoms with E-state index in [1.165, 1.54) is 5.56 Å². The molecule has 0 unspecified atom stereocenters. The highest BCUT2D eigenvalue weighted by atomic mass is 16.5. The number of ether oxygens (including phenoxy) is 3. The van der Waals surface area contributed by atoms with Gasteiger partial charge in [-0.15, -0.1) is 0 Å². The van der Waals surface area contributed by atoms with Gasteiger partial charge in [0.2, 0.25) is 0 Å². The fraction of sp³-hybridized carbons (Fsp3) is 0.375. The zero-order valence-corrected chi connectivity index (χ0v) is 23.0. The lowest BCUT2D eigenvalue weighted by molar-refractivity contribution is -0.134. The first-order chi connectivity index (χ1) is 19.1. The molecule has 0 saturated carbocycles. The third-order valence-corrected chi connectivity index (χ3v) is 7.82. The van der Waals surface area contributed by atoms with E-state index in [4.69, 9.17) is 19.3 Å². The lowest BCUT2D eigenvalue weighted by Crippen LogP contribution is -2.42. The van der Waals surface area contributed by atoms with Crippen molar-refractivity contribution in [2.75, 3.05) is 41.0 Å². The van der Waals surface area contributed by atoms with E-state index < -0.39 is 0 Å². The molecule has 0 spiro atoms. The molecule has 3 aromatic carbocycles. The van der Waals surface area contributed by atoms with E-state index in [1.54, 1.807) is 26.3 Å². The SMILES string of the molecule is COc1ccc([C@H]2CC(c3ccccc3OC)=NN2C(=O)CN2CCC(Cc3ccccc3)CC2)c(OC)c1. The summed E-state index contributed by atoms with van der Waals surface area (Å²) in [4.78, 5) is 16.1. The van der Waals surface area contributed by atoms with Gasteiger partial charge in [0, 0.05) is 23.6 Å². The third-order valence-electron chi connectivity index (χ3n) is 7.82. The Morgan fingerprint density at radius 2 is 1.59 bits per heavy atom. The van der Waals surface area contributed by atoms with E-state index in [0.717, 1.165) is 54.9 Å². The molecule has 0 aromatic heterocycles. The number of piperidine rings is 1. The molecule has 1 atom stereocenters. The summed E-state index contributed by atoms with van der Waals surface area (Å²) in [5, 5.41) is 6.54. The molecule has 5 rings (SSSR count). The number of methoxy groups -OCH3 is 3. The number of amides is 1. The second-order valence-corrected chi connectivity index (χ2v) is 10.2. The van der Waals surface area contributed by atoms with Crippen molar-refractivity contribution in [3.63, 3.8) is 0 Å². The highest BCUT2D eigenvalue weighted by Crippen LogP contribution is 2.40. The summed E-state index contributed by atoms with van der Waals surface area (Å²) in [5.74, 6) is 2.76. The number of rotatable bonds is 9. The van der Waals surface area contributed by atoms with Crippen LogP contribution in [0, 0.1) is 5.92 Å². The zero-order valence-electron chi connectivity index (χ0n) is 23.0. The molecule has 2 aliphatic heterocycles. The Hall–Kier alpha value is -3.84. The molecule has 0 bridgehead atoms. The van der Waals surface area contributed by atoms with Crippen LogP contribution in [-0.4, -0.2) is 62.5 Å². The van der Waals surface area contributed by atoms with Crippen molar-refractivity contribution in [2.24, 2.45) is 11.0 Å². The molecule has 2 heterocycles. The summed E-state index contributed by atoms with van der Waals surface area (Å²) >= 11 is 0. The zero-order chi connectivity index (χ0) is 27.2. The van der Waals surface area contributed by atoms with Gasteiger partial charge in [-0.05, 0) is 68.1 Å². The Morgan fingerprint density at radius 3 is 2.31 bits per heavy atom. The van der Waals surface area contributed by atoms with Crippen LogP contribution in [0.3, 0.4) is 0 Å². The summed E-state index contributed by atoms with van der Waals surface area (Å²) in [7, 11) is 4.93. The number of nitrogens with zero attached hydrogens (tertiary/aromatic N) is 3. The number of hydrogen-bond acceptors (Lipinski definition) is 6. The van der Waals surface area contributed by atoms with Crippen molar-refractivity contribution in [3.8, 4) is 17.2 Å². The molecule has 3 aromatic rings. The van der Waals surface area contributed by atoms with Crippen LogP contribution in [0.25, 0.3) is 0 Å². The largest absolute Gasteiger partial charge is 0.497 e. The highest BCUT2D eigenvalue weighted by Gasteiger charge is 2.36. The van der Waals surface area contributed by atoms with E-state index in [2.05, 4.69) is 35.2 Å². The van der Waals surface area contributed by atoms with Crippen LogP contribution in [0.1, 0.15) is 42.0 Å². The summed E-state index contributed by atoms with van der Waals surface area (Å²) in [6.07, 6.45) is 3.84. The van der Waals surface area contributed by atoms with Crippen LogP contribution < -0.4 is 14.2 Å². The van der Waals surface area contributed by atoms with E-state index in [1.807, 2.05) is 42.5 Å². The molecule has 1 saturated heterocycles. The Labute approximate surface area is 231 Å². The van der Waals surface area contributed by atoms with Gasteiger partial charge < -0.3 is 14.2 Å². The van der Waals surface area contributed by atoms with Crippen LogP contribution in [0.15, 0.2) is 77.9 Å². The summed E-state index contributed by atoms with van der Waals surface area (Å²) < 4.78 is 16.7. The molecular weight excluding hydrogens is 490 g/mol. The number of carbonyl (C=O) groups is 1. The lowest BCUT2D eigenvalue weighted by Gasteiger charge is -2.33. The second kappa shape index (κ2) is 12.3. The van der Waals surface area contributed by atoms with Gasteiger partial charge in [0.25, 0.3) is 5.91 Å². The number of hydrazone groups is 1. The maximum Gasteiger partial charge on any atom is 0.257 e. The van der Waals surface area contributed by atoms with E-state index in [9.17, 15) is 4.79 Å². The minimum absolute atomic E-state index is 0.00993. The Kier molecular flexibility index (Phi) is 8.47. The molecule has 0 radical (unpaired) electrons. The third kappa shape index (κ3) is 6.09. The quantitative estimate of drug-likeness (QED) is 0.376. The Bertz CT molecular complexity index is 1300. The number of likely N-dealkylation sites (tertiary alicyclic amines) is 1. The van der Waals surface area contributed by atoms with Gasteiger partial charge >= 0.3 is 0 Å². The van der Waals surface area contributed by atoms with Crippen LogP contribution in [0.2, 0.25) is 0 Å². The predicted octanol–water partition coefficient (Wildman–Crippen LogP) is 5.34. The summed E-state index contributed by atoms with van der Waals surface area (Å²) in [6, 6.07) is 23.9. The van der Waals surface area contributed by atoms with Gasteiger partial charge in [0.1, 0.15) is 17.2 Å². The first-order valence-corrected chi connectivity index (χ1v) is 13.6. The minimum Gasteiger partial charge on any atom is -0.497 e. The van der Waals surface area contributed by atoms with Gasteiger partial charge in [0.15, 0.2) is 0 Å². The topological polar surface area (TPSA) is 63.6 Å². The molecule has 204 valence electrons. The maximum atomic E-state index is 13.8. The number of benzene rings is 3. The molecule has 1 amide bonds. The van der Waals surface area contributed by atoms with Crippen LogP contribution in [0.4, 0.5) is 0 Å². The van der Waals surface area contributed by atoms with Gasteiger partial charge in [-0.2, -0.15) is 5.10 Å². The number of carbonyl (C=O) groups excluding carboxylic acids is 1. The van der Waals surface area contributed by atoms with Crippen molar-refractivity contribution >= 4 is 11.6 Å². The molecule has 0 N–H and O–H groups in total. The average molecular weight is 528 g/mol. The summed E-state index contributed by atoms with van der Waals surface area (Å²) in [6.45, 7) is 2.17. The lowest BCUT2D eigenvalue weighted by atomic mass is 9.90. The Morgan fingerprint density at radius 1 is 0.872 bits per heavy atom. The Balaban J connectivity index is 1.34. The first kappa shape index (κ1) is 26.8. The van der Waals surface area contributed by atoms with E-state index >= 15 is 0 Å². The molecule has 7 nitrogen and oxygen atoms in total. The fourth-order valence-corrected chi connectivity index (χ4v) is 5.68. The van der Waals surface area contributed by atoms with Crippen LogP contribution >= 0.6 is 0 Å². The standard InChI is InChI=1S/C32H37N3O4/c1-37-25-13-14-27(31(20-25)39-3)29-21-28(26-11-7-8-12-30(26)38-2)33-35(29)32(36)22-34-17-15-24(16-18-34)19-23-9-5-4-6-10-23/h4-14,20,24,29H,15-19,21-22H2,1-3H3/t29-/m1/s1. The van der Waals surface area contributed by atoms with Gasteiger partial charge in [0.05, 0.1) is 39.6 Å². The monoisotopic (exact) mass is 527 g/mol. The predicted molar refractivity (Wildman–Crippen MR) is 153 cm³/mol. The molecule has 0 aliphatic carbocycles. The average Bonchev–Trinajstić information content (AvgIpc) is 3.43. The first-order valence-electron chi connectivity index (χ1n) is 13.6. The normalized spacial score (nSPS) is 18.1. The smallest absolute Gasteiger partial charge is 0.257 e. The molecule has 1 fully saturated rings. The van der Waals surface area contributed by atoms with Crippen molar-refractivity contribution in [1.29, 1.82) is 0 Å². The van der Waals surface area contributed by atoms with Crippen molar-refractivity contribution in [1.82, 2.24) is 9.91 Å². The van der Waals surface area contributed by atoms with Crippen LogP contribution in [0.5, 0.6) is 17.2 Å². The minimum atomic E-state index is -0.283. The maximum absolute atomic E-state index is 13.8. The molecule has 7 heteroatoms. The molecule has 39 heavy (non-hydrogen) atoms. The van der Waals surface area contributed by atoms with Crippen molar-refractivity contribution < 1.29 is 19.0 Å². The second-order valence-electron chi connectivity index (χ2n) is 10.2. The van der Waals surface area contributed by atoms with Gasteiger partial charge in [-0.3, -0.25) is 9.69 Å². The van der Waals surface area contributed by atoms with Crippen molar-refractivity contribution in [2.45, 2.75) is 31.7 Å². The van der Waals surface area contributed by atoms with Gasteiger partial charge in [-0.25, -0.2) is 5.01 Å². The molecular formula is C32H37N3O4. The van der Waals surface area contributed by atoms with E-state index in [-0.39, 0.29) is 11.9 Å².